The molecule has 37 heavy (non-hydrogen) atoms. The fourth-order valence-corrected chi connectivity index (χ4v) is 5.25. The first kappa shape index (κ1) is 29.2. The molecule has 0 radical (unpaired) electrons. The van der Waals surface area contributed by atoms with E-state index < -0.39 is 22.0 Å². The van der Waals surface area contributed by atoms with Gasteiger partial charge in [-0.2, -0.15) is 5.10 Å². The first-order valence-electron chi connectivity index (χ1n) is 12.8. The van der Waals surface area contributed by atoms with Crippen LogP contribution in [-0.2, 0) is 22.6 Å². The molecule has 0 fully saturated rings. The van der Waals surface area contributed by atoms with Crippen LogP contribution in [0, 0.1) is 5.82 Å². The molecule has 2 aromatic heterocycles. The molecule has 0 spiro atoms. The van der Waals surface area contributed by atoms with Crippen molar-refractivity contribution < 1.29 is 23.4 Å². The van der Waals surface area contributed by atoms with Crippen molar-refractivity contribution in [2.45, 2.75) is 71.4 Å². The van der Waals surface area contributed by atoms with Gasteiger partial charge in [-0.25, -0.2) is 9.07 Å². The van der Waals surface area contributed by atoms with E-state index in [1.807, 2.05) is 13.0 Å². The number of benzene rings is 1. The Morgan fingerprint density at radius 3 is 2.30 bits per heavy atom. The molecule has 7 nitrogen and oxygen atoms in total. The fourth-order valence-electron chi connectivity index (χ4n) is 3.73. The maximum absolute atomic E-state index is 15.0. The number of hydrogen-bond acceptors (Lipinski definition) is 6. The zero-order valence-electron chi connectivity index (χ0n) is 23.2. The summed E-state index contributed by atoms with van der Waals surface area (Å²) in [6.07, 6.45) is 3.08. The molecule has 0 unspecified atom stereocenters. The summed E-state index contributed by atoms with van der Waals surface area (Å²) in [5.41, 5.74) is 3.80. The highest BCUT2D eigenvalue weighted by Gasteiger charge is 2.18. The molecule has 0 saturated carbocycles. The molecule has 0 aliphatic carbocycles. The molecular weight excluding hydrogens is 505 g/mol. The lowest BCUT2D eigenvalue weighted by atomic mass is 9.98. The van der Waals surface area contributed by atoms with Crippen molar-refractivity contribution in [2.24, 2.45) is 0 Å². The third kappa shape index (κ3) is 8.29. The standard InChI is InChI=1S/C27H40FN3O4Si2/c1-8-20-14-26(35-19-34-10-12-37(5,6)7)23(28)15-22(20)21-13-24-27(29-16-21)25(17-32)31(30-24)18-33-9-11-36(2,3)4/h13-17H,8-12,18-19H2,1-7H3. The number of halogens is 1. The Hall–Kier alpha value is -2.41. The third-order valence-corrected chi connectivity index (χ3v) is 9.49. The van der Waals surface area contributed by atoms with E-state index in [0.717, 1.165) is 35.1 Å². The maximum atomic E-state index is 15.0. The highest BCUT2D eigenvalue weighted by molar-refractivity contribution is 6.76. The van der Waals surface area contributed by atoms with Crippen LogP contribution in [0.25, 0.3) is 22.2 Å². The van der Waals surface area contributed by atoms with Gasteiger partial charge in [-0.1, -0.05) is 46.2 Å². The van der Waals surface area contributed by atoms with Crippen molar-refractivity contribution in [1.29, 1.82) is 0 Å². The summed E-state index contributed by atoms with van der Waals surface area (Å²) >= 11 is 0. The first-order chi connectivity index (χ1) is 17.4. The number of hydrogen-bond donors (Lipinski definition) is 0. The van der Waals surface area contributed by atoms with Gasteiger partial charge in [0, 0.05) is 41.1 Å². The van der Waals surface area contributed by atoms with Gasteiger partial charge in [0.25, 0.3) is 0 Å². The molecule has 1 aromatic carbocycles. The smallest absolute Gasteiger partial charge is 0.189 e. The number of ether oxygens (including phenoxy) is 3. The lowest BCUT2D eigenvalue weighted by molar-refractivity contribution is 0.0197. The number of aldehydes is 1. The predicted molar refractivity (Wildman–Crippen MR) is 151 cm³/mol. The second-order valence-electron chi connectivity index (χ2n) is 11.7. The highest BCUT2D eigenvalue weighted by Crippen LogP contribution is 2.32. The van der Waals surface area contributed by atoms with Gasteiger partial charge in [0.2, 0.25) is 0 Å². The zero-order chi connectivity index (χ0) is 27.2. The van der Waals surface area contributed by atoms with E-state index in [1.165, 1.54) is 6.07 Å². The van der Waals surface area contributed by atoms with E-state index in [0.29, 0.717) is 36.4 Å². The Kier molecular flexibility index (Phi) is 9.79. The van der Waals surface area contributed by atoms with Crippen molar-refractivity contribution in [2.75, 3.05) is 20.0 Å². The second-order valence-corrected chi connectivity index (χ2v) is 23.0. The Labute approximate surface area is 221 Å². The highest BCUT2D eigenvalue weighted by atomic mass is 28.3. The lowest BCUT2D eigenvalue weighted by Crippen LogP contribution is -2.22. The normalized spacial score (nSPS) is 12.3. The molecule has 202 valence electrons. The number of aryl methyl sites for hydroxylation is 1. The fraction of sp³-hybridized carbons (Fsp3) is 0.519. The number of pyridine rings is 1. The molecule has 3 rings (SSSR count). The molecule has 0 bridgehead atoms. The van der Waals surface area contributed by atoms with Crippen molar-refractivity contribution in [3.63, 3.8) is 0 Å². The summed E-state index contributed by atoms with van der Waals surface area (Å²) in [4.78, 5) is 16.3. The van der Waals surface area contributed by atoms with E-state index in [-0.39, 0.29) is 19.3 Å². The van der Waals surface area contributed by atoms with Crippen LogP contribution in [0.15, 0.2) is 24.4 Å². The minimum atomic E-state index is -1.21. The lowest BCUT2D eigenvalue weighted by Gasteiger charge is -2.16. The molecule has 0 aliphatic rings. The van der Waals surface area contributed by atoms with Gasteiger partial charge in [0.05, 0.1) is 0 Å². The number of nitrogens with zero attached hydrogens (tertiary/aromatic N) is 3. The minimum Gasteiger partial charge on any atom is -0.464 e. The molecular formula is C27H40FN3O4Si2. The molecule has 0 amide bonds. The molecule has 0 atom stereocenters. The summed E-state index contributed by atoms with van der Waals surface area (Å²) in [6, 6.07) is 7.08. The molecule has 0 aliphatic heterocycles. The van der Waals surface area contributed by atoms with E-state index >= 15 is 0 Å². The zero-order valence-corrected chi connectivity index (χ0v) is 25.2. The molecule has 3 aromatic rings. The van der Waals surface area contributed by atoms with Crippen LogP contribution < -0.4 is 4.74 Å². The van der Waals surface area contributed by atoms with Crippen molar-refractivity contribution >= 4 is 33.5 Å². The summed E-state index contributed by atoms with van der Waals surface area (Å²) in [5.74, 6) is -0.290. The monoisotopic (exact) mass is 545 g/mol. The summed E-state index contributed by atoms with van der Waals surface area (Å²) < 4.78 is 33.5. The van der Waals surface area contributed by atoms with Crippen LogP contribution in [0.2, 0.25) is 51.4 Å². The topological polar surface area (TPSA) is 75.5 Å². The van der Waals surface area contributed by atoms with Crippen molar-refractivity contribution in [1.82, 2.24) is 14.8 Å². The number of fused-ring (bicyclic) bond motifs is 1. The van der Waals surface area contributed by atoms with Gasteiger partial charge in [0.1, 0.15) is 23.5 Å². The summed E-state index contributed by atoms with van der Waals surface area (Å²) in [5, 5.41) is 4.55. The predicted octanol–water partition coefficient (Wildman–Crippen LogP) is 6.62. The van der Waals surface area contributed by atoms with Gasteiger partial charge in [-0.3, -0.25) is 9.78 Å². The summed E-state index contributed by atoms with van der Waals surface area (Å²) in [6.45, 7) is 17.2. The average Bonchev–Trinajstić information content (AvgIpc) is 3.17. The van der Waals surface area contributed by atoms with Crippen molar-refractivity contribution in [3.8, 4) is 16.9 Å². The number of aromatic nitrogens is 3. The van der Waals surface area contributed by atoms with Crippen LogP contribution in [0.5, 0.6) is 5.75 Å². The Morgan fingerprint density at radius 2 is 1.68 bits per heavy atom. The van der Waals surface area contributed by atoms with E-state index in [2.05, 4.69) is 49.4 Å². The Balaban J connectivity index is 1.78. The van der Waals surface area contributed by atoms with Crippen LogP contribution in [0.1, 0.15) is 23.0 Å². The van der Waals surface area contributed by atoms with Crippen molar-refractivity contribution in [3.05, 3.63) is 41.5 Å². The molecule has 10 heteroatoms. The number of rotatable bonds is 14. The third-order valence-electron chi connectivity index (χ3n) is 6.08. The van der Waals surface area contributed by atoms with Crippen LogP contribution in [0.4, 0.5) is 4.39 Å². The first-order valence-corrected chi connectivity index (χ1v) is 20.3. The van der Waals surface area contributed by atoms with Gasteiger partial charge in [0.15, 0.2) is 24.6 Å². The largest absolute Gasteiger partial charge is 0.464 e. The molecule has 2 heterocycles. The van der Waals surface area contributed by atoms with Gasteiger partial charge in [-0.15, -0.1) is 0 Å². The maximum Gasteiger partial charge on any atom is 0.189 e. The van der Waals surface area contributed by atoms with E-state index in [9.17, 15) is 9.18 Å². The number of carbonyl (C=O) groups excluding carboxylic acids is 1. The van der Waals surface area contributed by atoms with Gasteiger partial charge in [-0.05, 0) is 47.8 Å². The summed E-state index contributed by atoms with van der Waals surface area (Å²) in [7, 11) is -2.40. The molecule has 0 N–H and O–H groups in total. The average molecular weight is 546 g/mol. The van der Waals surface area contributed by atoms with Crippen LogP contribution >= 0.6 is 0 Å². The quantitative estimate of drug-likeness (QED) is 0.0981. The van der Waals surface area contributed by atoms with Crippen LogP contribution in [-0.4, -0.2) is 57.2 Å². The number of carbonyl (C=O) groups is 1. The van der Waals surface area contributed by atoms with Crippen LogP contribution in [0.3, 0.4) is 0 Å². The van der Waals surface area contributed by atoms with Gasteiger partial charge >= 0.3 is 0 Å². The SMILES string of the molecule is CCc1cc(OCOCC[Si](C)(C)C)c(F)cc1-c1cnc2c(C=O)n(COCC[Si](C)(C)C)nc2c1. The van der Waals surface area contributed by atoms with Gasteiger partial charge < -0.3 is 14.2 Å². The Morgan fingerprint density at radius 1 is 1.00 bits per heavy atom. The van der Waals surface area contributed by atoms with E-state index in [4.69, 9.17) is 14.2 Å². The second kappa shape index (κ2) is 12.4. The minimum absolute atomic E-state index is 0.0172. The Bertz CT molecular complexity index is 1220. The van der Waals surface area contributed by atoms with E-state index in [1.54, 1.807) is 16.9 Å². The molecule has 0 saturated heterocycles.